The van der Waals surface area contributed by atoms with Crippen LogP contribution in [0.15, 0.2) is 106 Å². The summed E-state index contributed by atoms with van der Waals surface area (Å²) < 4.78 is 35.8. The van der Waals surface area contributed by atoms with Crippen molar-refractivity contribution in [1.82, 2.24) is 10.2 Å². The largest absolute Gasteiger partial charge is 0.494 e. The van der Waals surface area contributed by atoms with Crippen LogP contribution in [-0.4, -0.2) is 49.9 Å². The van der Waals surface area contributed by atoms with Gasteiger partial charge in [0.15, 0.2) is 0 Å². The summed E-state index contributed by atoms with van der Waals surface area (Å²) in [7, 11) is -4.28. The van der Waals surface area contributed by atoms with Crippen LogP contribution in [0, 0.1) is 0 Å². The molecule has 0 heterocycles. The third-order valence-corrected chi connectivity index (χ3v) is 10.3. The average Bonchev–Trinajstić information content (AvgIpc) is 3.03. The lowest BCUT2D eigenvalue weighted by molar-refractivity contribution is -0.140. The molecular weight excluding hydrogens is 737 g/mol. The van der Waals surface area contributed by atoms with Crippen molar-refractivity contribution in [3.63, 3.8) is 0 Å². The van der Waals surface area contributed by atoms with Gasteiger partial charge >= 0.3 is 0 Å². The molecule has 0 saturated carbocycles. The summed E-state index contributed by atoms with van der Waals surface area (Å²) in [5.41, 5.74) is 0.853. The highest BCUT2D eigenvalue weighted by atomic mass is 79.9. The highest BCUT2D eigenvalue weighted by Gasteiger charge is 2.36. The number of anilines is 1. The van der Waals surface area contributed by atoms with E-state index in [1.807, 2.05) is 58.0 Å². The van der Waals surface area contributed by atoms with Gasteiger partial charge in [-0.3, -0.25) is 13.9 Å². The lowest BCUT2D eigenvalue weighted by Crippen LogP contribution is -2.56. The number of nitrogens with one attached hydrogen (secondary N) is 1. The number of nitrogens with zero attached hydrogens (tertiary/aromatic N) is 2. The zero-order chi connectivity index (χ0) is 35.1. The monoisotopic (exact) mass is 773 g/mol. The number of ether oxygens (including phenoxy) is 1. The van der Waals surface area contributed by atoms with E-state index in [2.05, 4.69) is 21.2 Å². The maximum Gasteiger partial charge on any atom is 0.264 e. The zero-order valence-corrected chi connectivity index (χ0v) is 31.0. The molecule has 4 aromatic carbocycles. The van der Waals surface area contributed by atoms with Gasteiger partial charge in [-0.2, -0.15) is 0 Å². The van der Waals surface area contributed by atoms with E-state index in [9.17, 15) is 18.0 Å². The van der Waals surface area contributed by atoms with Crippen LogP contribution in [-0.2, 0) is 32.6 Å². The van der Waals surface area contributed by atoms with Crippen LogP contribution in [0.3, 0.4) is 0 Å². The van der Waals surface area contributed by atoms with Crippen molar-refractivity contribution in [2.75, 3.05) is 17.5 Å². The number of benzene rings is 4. The molecule has 0 aromatic heterocycles. The minimum absolute atomic E-state index is 0.0144. The first-order chi connectivity index (χ1) is 22.7. The zero-order valence-electron chi connectivity index (χ0n) is 27.1. The number of rotatable bonds is 13. The normalized spacial score (nSPS) is 12.2. The van der Waals surface area contributed by atoms with E-state index in [0.29, 0.717) is 32.4 Å². The van der Waals surface area contributed by atoms with E-state index in [1.165, 1.54) is 17.0 Å². The lowest BCUT2D eigenvalue weighted by Gasteiger charge is -2.35. The van der Waals surface area contributed by atoms with E-state index in [4.69, 9.17) is 27.9 Å². The van der Waals surface area contributed by atoms with E-state index in [1.54, 1.807) is 54.6 Å². The van der Waals surface area contributed by atoms with Gasteiger partial charge in [0.2, 0.25) is 11.8 Å². The van der Waals surface area contributed by atoms with Crippen LogP contribution in [0.25, 0.3) is 0 Å². The fourth-order valence-corrected chi connectivity index (χ4v) is 7.19. The van der Waals surface area contributed by atoms with Crippen LogP contribution in [0.4, 0.5) is 5.69 Å². The third kappa shape index (κ3) is 9.75. The van der Waals surface area contributed by atoms with Crippen LogP contribution in [0.2, 0.25) is 10.0 Å². The molecule has 254 valence electrons. The van der Waals surface area contributed by atoms with Crippen molar-refractivity contribution in [2.24, 2.45) is 0 Å². The summed E-state index contributed by atoms with van der Waals surface area (Å²) in [6.07, 6.45) is 0.152. The van der Waals surface area contributed by atoms with Crippen LogP contribution in [0.1, 0.15) is 38.8 Å². The number of sulfonamides is 1. The highest BCUT2D eigenvalue weighted by Crippen LogP contribution is 2.30. The SMILES string of the molecule is CCOc1ccc(N(CC(=O)N(Cc2c(Cl)cccc2Cl)C(Cc2ccccc2)C(=O)NC(C)(C)C)S(=O)(=O)c2ccc(Br)cc2)cc1. The lowest BCUT2D eigenvalue weighted by atomic mass is 10.0. The van der Waals surface area contributed by atoms with Crippen molar-refractivity contribution < 1.29 is 22.7 Å². The van der Waals surface area contributed by atoms with Crippen molar-refractivity contribution in [2.45, 2.75) is 57.1 Å². The number of carbonyl (C=O) groups is 2. The summed E-state index contributed by atoms with van der Waals surface area (Å²) in [6.45, 7) is 7.04. The van der Waals surface area contributed by atoms with Gasteiger partial charge in [0, 0.05) is 38.6 Å². The second-order valence-corrected chi connectivity index (χ2v) is 15.7. The second-order valence-electron chi connectivity index (χ2n) is 12.1. The smallest absolute Gasteiger partial charge is 0.264 e. The minimum atomic E-state index is -4.28. The first-order valence-corrected chi connectivity index (χ1v) is 18.3. The molecule has 0 radical (unpaired) electrons. The summed E-state index contributed by atoms with van der Waals surface area (Å²) in [5.74, 6) is -0.498. The Kier molecular flexibility index (Phi) is 12.6. The van der Waals surface area contributed by atoms with Gasteiger partial charge < -0.3 is 15.0 Å². The Hall–Kier alpha value is -3.57. The Morgan fingerprint density at radius 2 is 1.48 bits per heavy atom. The highest BCUT2D eigenvalue weighted by molar-refractivity contribution is 9.10. The quantitative estimate of drug-likeness (QED) is 0.149. The molecule has 4 aromatic rings. The molecule has 0 aliphatic rings. The maximum absolute atomic E-state index is 14.7. The van der Waals surface area contributed by atoms with Crippen molar-refractivity contribution in [3.8, 4) is 5.75 Å². The van der Waals surface area contributed by atoms with Crippen LogP contribution >= 0.6 is 39.1 Å². The molecule has 0 aliphatic carbocycles. The predicted octanol–water partition coefficient (Wildman–Crippen LogP) is 7.90. The van der Waals surface area contributed by atoms with Gasteiger partial charge in [-0.1, -0.05) is 75.5 Å². The second kappa shape index (κ2) is 16.2. The molecule has 2 amide bonds. The molecule has 0 spiro atoms. The van der Waals surface area contributed by atoms with Crippen molar-refractivity contribution >= 4 is 66.7 Å². The Labute approximate surface area is 301 Å². The molecule has 1 N–H and O–H groups in total. The summed E-state index contributed by atoms with van der Waals surface area (Å²) in [4.78, 5) is 30.1. The molecule has 12 heteroatoms. The van der Waals surface area contributed by atoms with Crippen molar-refractivity contribution in [1.29, 1.82) is 0 Å². The minimum Gasteiger partial charge on any atom is -0.494 e. The number of carbonyl (C=O) groups excluding carboxylic acids is 2. The van der Waals surface area contributed by atoms with Crippen LogP contribution in [0.5, 0.6) is 5.75 Å². The molecule has 48 heavy (non-hydrogen) atoms. The summed E-state index contributed by atoms with van der Waals surface area (Å²) in [6, 6.07) is 25.8. The van der Waals surface area contributed by atoms with Gasteiger partial charge in [-0.15, -0.1) is 0 Å². The summed E-state index contributed by atoms with van der Waals surface area (Å²) >= 11 is 16.5. The molecule has 0 saturated heterocycles. The van der Waals surface area contributed by atoms with E-state index < -0.39 is 40.0 Å². The topological polar surface area (TPSA) is 96.0 Å². The van der Waals surface area contributed by atoms with Crippen LogP contribution < -0.4 is 14.4 Å². The molecular formula is C36H38BrCl2N3O5S. The van der Waals surface area contributed by atoms with Gasteiger partial charge in [-0.25, -0.2) is 8.42 Å². The number of amides is 2. The molecule has 0 bridgehead atoms. The molecule has 4 rings (SSSR count). The number of hydrogen-bond acceptors (Lipinski definition) is 5. The Morgan fingerprint density at radius 3 is 2.04 bits per heavy atom. The fraction of sp³-hybridized carbons (Fsp3) is 0.278. The van der Waals surface area contributed by atoms with Gasteiger partial charge in [-0.05, 0) is 93.9 Å². The standard InChI is InChI=1S/C36H38BrCl2N3O5S/c1-5-47-28-18-16-27(17-19-28)42(48(45,46)29-20-14-26(37)15-21-29)24-34(43)41(23-30-31(38)12-9-13-32(30)39)33(35(44)40-36(2,3)4)22-25-10-7-6-8-11-25/h6-21,33H,5,22-24H2,1-4H3,(H,40,44). The molecule has 8 nitrogen and oxygen atoms in total. The number of hydrogen-bond donors (Lipinski definition) is 1. The van der Waals surface area contributed by atoms with E-state index >= 15 is 0 Å². The molecule has 0 aliphatic heterocycles. The predicted molar refractivity (Wildman–Crippen MR) is 195 cm³/mol. The summed E-state index contributed by atoms with van der Waals surface area (Å²) in [5, 5.41) is 3.62. The van der Waals surface area contributed by atoms with E-state index in [-0.39, 0.29) is 23.5 Å². The molecule has 1 atom stereocenters. The first kappa shape index (κ1) is 37.3. The Bertz CT molecular complexity index is 1800. The van der Waals surface area contributed by atoms with Gasteiger partial charge in [0.1, 0.15) is 18.3 Å². The number of halogens is 3. The van der Waals surface area contributed by atoms with Gasteiger partial charge in [0.05, 0.1) is 17.2 Å². The molecule has 0 fully saturated rings. The fourth-order valence-electron chi connectivity index (χ4n) is 5.00. The van der Waals surface area contributed by atoms with Crippen molar-refractivity contribution in [3.05, 3.63) is 123 Å². The van der Waals surface area contributed by atoms with Gasteiger partial charge in [0.25, 0.3) is 10.0 Å². The average molecular weight is 776 g/mol. The Balaban J connectivity index is 1.85. The maximum atomic E-state index is 14.7. The van der Waals surface area contributed by atoms with E-state index in [0.717, 1.165) is 9.87 Å². The third-order valence-electron chi connectivity index (χ3n) is 7.28. The molecule has 1 unspecified atom stereocenters. The Morgan fingerprint density at radius 1 is 0.875 bits per heavy atom. The first-order valence-electron chi connectivity index (χ1n) is 15.3.